The van der Waals surface area contributed by atoms with Gasteiger partial charge in [-0.2, -0.15) is 4.98 Å². The van der Waals surface area contributed by atoms with Crippen molar-refractivity contribution in [3.63, 3.8) is 0 Å². The standard InChI is InChI=1S/C14H15N5O/c1-15-8-10-7-13(20-14-16-9-19(2)18-14)17-12-6-4-3-5-11(10)12/h3-7,9,15H,8H2,1-2H3. The minimum Gasteiger partial charge on any atom is -0.404 e. The molecule has 6 heteroatoms. The van der Waals surface area contributed by atoms with E-state index in [1.807, 2.05) is 31.3 Å². The molecule has 0 bridgehead atoms. The van der Waals surface area contributed by atoms with E-state index in [-0.39, 0.29) is 0 Å². The molecular weight excluding hydrogens is 254 g/mol. The molecule has 0 amide bonds. The number of nitrogens with one attached hydrogen (secondary N) is 1. The molecular formula is C14H15N5O. The van der Waals surface area contributed by atoms with Crippen LogP contribution in [0.5, 0.6) is 11.9 Å². The summed E-state index contributed by atoms with van der Waals surface area (Å²) < 4.78 is 7.20. The molecule has 0 saturated heterocycles. The van der Waals surface area contributed by atoms with Crippen molar-refractivity contribution in [1.82, 2.24) is 25.1 Å². The molecule has 0 radical (unpaired) electrons. The number of ether oxygens (including phenoxy) is 1. The van der Waals surface area contributed by atoms with Crippen molar-refractivity contribution in [2.24, 2.45) is 7.05 Å². The van der Waals surface area contributed by atoms with Crippen molar-refractivity contribution in [1.29, 1.82) is 0 Å². The fraction of sp³-hybridized carbons (Fsp3) is 0.214. The molecule has 3 aromatic rings. The van der Waals surface area contributed by atoms with Crippen molar-refractivity contribution in [3.05, 3.63) is 42.2 Å². The van der Waals surface area contributed by atoms with Crippen LogP contribution in [-0.4, -0.2) is 26.8 Å². The molecule has 0 aliphatic rings. The Bertz CT molecular complexity index is 737. The van der Waals surface area contributed by atoms with E-state index in [9.17, 15) is 0 Å². The lowest BCUT2D eigenvalue weighted by Crippen LogP contribution is -2.06. The molecule has 0 aliphatic carbocycles. The van der Waals surface area contributed by atoms with Crippen molar-refractivity contribution in [3.8, 4) is 11.9 Å². The quantitative estimate of drug-likeness (QED) is 0.783. The Hall–Kier alpha value is -2.47. The van der Waals surface area contributed by atoms with Crippen LogP contribution in [0.2, 0.25) is 0 Å². The highest BCUT2D eigenvalue weighted by molar-refractivity contribution is 5.82. The van der Waals surface area contributed by atoms with E-state index in [0.717, 1.165) is 23.0 Å². The number of hydrogen-bond acceptors (Lipinski definition) is 5. The number of hydrogen-bond donors (Lipinski definition) is 1. The molecule has 2 aromatic heterocycles. The van der Waals surface area contributed by atoms with E-state index in [1.165, 1.54) is 0 Å². The lowest BCUT2D eigenvalue weighted by molar-refractivity contribution is 0.423. The maximum Gasteiger partial charge on any atom is 0.342 e. The van der Waals surface area contributed by atoms with Gasteiger partial charge in [0.05, 0.1) is 5.52 Å². The van der Waals surface area contributed by atoms with Crippen molar-refractivity contribution in [2.75, 3.05) is 7.05 Å². The Labute approximate surface area is 116 Å². The first kappa shape index (κ1) is 12.6. The first-order valence-electron chi connectivity index (χ1n) is 6.33. The summed E-state index contributed by atoms with van der Waals surface area (Å²) in [6.45, 7) is 0.745. The van der Waals surface area contributed by atoms with Crippen LogP contribution in [0, 0.1) is 0 Å². The largest absolute Gasteiger partial charge is 0.404 e. The van der Waals surface area contributed by atoms with Crippen LogP contribution in [0.15, 0.2) is 36.7 Å². The number of para-hydroxylation sites is 1. The first-order valence-corrected chi connectivity index (χ1v) is 6.33. The van der Waals surface area contributed by atoms with Gasteiger partial charge in [-0.3, -0.25) is 4.68 Å². The van der Waals surface area contributed by atoms with Crippen LogP contribution in [-0.2, 0) is 13.6 Å². The molecule has 102 valence electrons. The number of benzene rings is 1. The zero-order valence-corrected chi connectivity index (χ0v) is 11.4. The van der Waals surface area contributed by atoms with Gasteiger partial charge in [-0.15, -0.1) is 5.10 Å². The molecule has 0 atom stereocenters. The highest BCUT2D eigenvalue weighted by Crippen LogP contribution is 2.24. The van der Waals surface area contributed by atoms with Gasteiger partial charge in [0.15, 0.2) is 0 Å². The normalized spacial score (nSPS) is 10.9. The van der Waals surface area contributed by atoms with Gasteiger partial charge in [0.25, 0.3) is 0 Å². The van der Waals surface area contributed by atoms with Gasteiger partial charge < -0.3 is 10.1 Å². The van der Waals surface area contributed by atoms with Gasteiger partial charge in [-0.1, -0.05) is 18.2 Å². The number of aromatic nitrogens is 4. The maximum atomic E-state index is 5.61. The molecule has 0 saturated carbocycles. The zero-order chi connectivity index (χ0) is 13.9. The second-order valence-corrected chi connectivity index (χ2v) is 4.47. The molecule has 0 unspecified atom stereocenters. The number of nitrogens with zero attached hydrogens (tertiary/aromatic N) is 4. The highest BCUT2D eigenvalue weighted by atomic mass is 16.5. The van der Waals surface area contributed by atoms with Gasteiger partial charge in [0.2, 0.25) is 5.88 Å². The van der Waals surface area contributed by atoms with E-state index in [4.69, 9.17) is 4.74 Å². The average Bonchev–Trinajstić information content (AvgIpc) is 2.84. The number of fused-ring (bicyclic) bond motifs is 1. The van der Waals surface area contributed by atoms with Gasteiger partial charge in [-0.25, -0.2) is 4.98 Å². The number of rotatable bonds is 4. The summed E-state index contributed by atoms with van der Waals surface area (Å²) in [5, 5.41) is 8.36. The van der Waals surface area contributed by atoms with Crippen LogP contribution < -0.4 is 10.1 Å². The van der Waals surface area contributed by atoms with Crippen molar-refractivity contribution in [2.45, 2.75) is 6.54 Å². The van der Waals surface area contributed by atoms with Crippen molar-refractivity contribution < 1.29 is 4.74 Å². The predicted molar refractivity (Wildman–Crippen MR) is 75.6 cm³/mol. The van der Waals surface area contributed by atoms with E-state index >= 15 is 0 Å². The highest BCUT2D eigenvalue weighted by Gasteiger charge is 2.08. The lowest BCUT2D eigenvalue weighted by atomic mass is 10.1. The Balaban J connectivity index is 2.02. The summed E-state index contributed by atoms with van der Waals surface area (Å²) in [5.41, 5.74) is 2.02. The lowest BCUT2D eigenvalue weighted by Gasteiger charge is -2.08. The SMILES string of the molecule is CNCc1cc(Oc2ncn(C)n2)nc2ccccc12. The van der Waals surface area contributed by atoms with Gasteiger partial charge in [0.1, 0.15) is 6.33 Å². The van der Waals surface area contributed by atoms with Gasteiger partial charge in [0, 0.05) is 25.0 Å². The van der Waals surface area contributed by atoms with E-state index in [1.54, 1.807) is 18.1 Å². The number of pyridine rings is 1. The monoisotopic (exact) mass is 269 g/mol. The smallest absolute Gasteiger partial charge is 0.342 e. The van der Waals surface area contributed by atoms with Crippen LogP contribution in [0.1, 0.15) is 5.56 Å². The van der Waals surface area contributed by atoms with E-state index in [2.05, 4.69) is 26.4 Å². The maximum absolute atomic E-state index is 5.61. The molecule has 2 heterocycles. The fourth-order valence-corrected chi connectivity index (χ4v) is 2.07. The third-order valence-corrected chi connectivity index (χ3v) is 2.92. The molecule has 0 aliphatic heterocycles. The van der Waals surface area contributed by atoms with E-state index < -0.39 is 0 Å². The minimum absolute atomic E-state index is 0.297. The Morgan fingerprint density at radius 1 is 1.30 bits per heavy atom. The average molecular weight is 269 g/mol. The molecule has 20 heavy (non-hydrogen) atoms. The Morgan fingerprint density at radius 2 is 2.15 bits per heavy atom. The van der Waals surface area contributed by atoms with Crippen LogP contribution >= 0.6 is 0 Å². The molecule has 6 nitrogen and oxygen atoms in total. The predicted octanol–water partition coefficient (Wildman–Crippen LogP) is 1.87. The molecule has 1 aromatic carbocycles. The Kier molecular flexibility index (Phi) is 3.30. The zero-order valence-electron chi connectivity index (χ0n) is 11.4. The van der Waals surface area contributed by atoms with Crippen molar-refractivity contribution >= 4 is 10.9 Å². The van der Waals surface area contributed by atoms with Gasteiger partial charge >= 0.3 is 6.01 Å². The minimum atomic E-state index is 0.297. The summed E-state index contributed by atoms with van der Waals surface area (Å²) in [6.07, 6.45) is 1.59. The third kappa shape index (κ3) is 2.46. The van der Waals surface area contributed by atoms with E-state index in [0.29, 0.717) is 11.9 Å². The second kappa shape index (κ2) is 5.26. The Morgan fingerprint density at radius 3 is 2.90 bits per heavy atom. The first-order chi connectivity index (χ1) is 9.76. The summed E-state index contributed by atoms with van der Waals surface area (Å²) in [6, 6.07) is 10.2. The summed E-state index contributed by atoms with van der Waals surface area (Å²) in [4.78, 5) is 8.52. The third-order valence-electron chi connectivity index (χ3n) is 2.92. The van der Waals surface area contributed by atoms with Crippen LogP contribution in [0.25, 0.3) is 10.9 Å². The molecule has 1 N–H and O–H groups in total. The second-order valence-electron chi connectivity index (χ2n) is 4.47. The fourth-order valence-electron chi connectivity index (χ4n) is 2.07. The topological polar surface area (TPSA) is 64.9 Å². The number of aryl methyl sites for hydroxylation is 1. The summed E-state index contributed by atoms with van der Waals surface area (Å²) in [7, 11) is 3.70. The summed E-state index contributed by atoms with van der Waals surface area (Å²) in [5.74, 6) is 0.500. The summed E-state index contributed by atoms with van der Waals surface area (Å²) >= 11 is 0. The van der Waals surface area contributed by atoms with Gasteiger partial charge in [-0.05, 0) is 18.7 Å². The van der Waals surface area contributed by atoms with Crippen LogP contribution in [0.4, 0.5) is 0 Å². The van der Waals surface area contributed by atoms with Crippen LogP contribution in [0.3, 0.4) is 0 Å². The molecule has 0 fully saturated rings. The molecule has 3 rings (SSSR count). The molecule has 0 spiro atoms.